The van der Waals surface area contributed by atoms with Crippen molar-refractivity contribution in [1.29, 1.82) is 0 Å². The average Bonchev–Trinajstić information content (AvgIpc) is 2.60. The van der Waals surface area contributed by atoms with E-state index in [0.29, 0.717) is 18.7 Å². The number of carbonyl (C=O) groups is 2. The van der Waals surface area contributed by atoms with Crippen LogP contribution in [0.3, 0.4) is 0 Å². The van der Waals surface area contributed by atoms with Gasteiger partial charge in [-0.05, 0) is 77.4 Å². The van der Waals surface area contributed by atoms with E-state index in [0.717, 1.165) is 18.5 Å². The molecule has 2 N–H and O–H groups in total. The number of amides is 2. The second-order valence-corrected chi connectivity index (χ2v) is 8.11. The quantitative estimate of drug-likeness (QED) is 0.715. The van der Waals surface area contributed by atoms with Crippen LogP contribution >= 0.6 is 0 Å². The minimum atomic E-state index is -0.532. The third-order valence-electron chi connectivity index (χ3n) is 4.39. The first-order valence-electron chi connectivity index (χ1n) is 9.90. The molecule has 1 fully saturated rings. The van der Waals surface area contributed by atoms with E-state index in [1.54, 1.807) is 12.1 Å². The Morgan fingerprint density at radius 3 is 2.37 bits per heavy atom. The fraction of sp³-hybridized carbons (Fsp3) is 0.619. The second-order valence-electron chi connectivity index (χ2n) is 8.11. The number of hydrogen-bond acceptors (Lipinski definition) is 4. The summed E-state index contributed by atoms with van der Waals surface area (Å²) in [5, 5.41) is 5.67. The zero-order chi connectivity index (χ0) is 19.7. The number of nitrogens with one attached hydrogen (secondary N) is 2. The summed E-state index contributed by atoms with van der Waals surface area (Å²) in [7, 11) is 0. The van der Waals surface area contributed by atoms with Crippen molar-refractivity contribution >= 4 is 17.7 Å². The zero-order valence-electron chi connectivity index (χ0n) is 16.8. The fourth-order valence-electron chi connectivity index (χ4n) is 3.09. The van der Waals surface area contributed by atoms with E-state index in [2.05, 4.69) is 15.5 Å². The Hall–Kier alpha value is -2.08. The Morgan fingerprint density at radius 2 is 1.74 bits per heavy atom. The average molecular weight is 376 g/mol. The molecule has 1 saturated heterocycles. The highest BCUT2D eigenvalue weighted by atomic mass is 16.6. The number of nitrogens with zero attached hydrogens (tertiary/aromatic N) is 1. The van der Waals surface area contributed by atoms with Crippen molar-refractivity contribution in [3.05, 3.63) is 29.8 Å². The molecule has 1 aromatic rings. The van der Waals surface area contributed by atoms with Crippen LogP contribution < -0.4 is 10.6 Å². The summed E-state index contributed by atoms with van der Waals surface area (Å²) in [5.74, 6) is 0.0292. The number of benzene rings is 1. The van der Waals surface area contributed by atoms with Crippen LogP contribution in [0.15, 0.2) is 24.3 Å². The number of ether oxygens (including phenoxy) is 1. The van der Waals surface area contributed by atoms with E-state index in [1.165, 1.54) is 32.4 Å². The fourth-order valence-corrected chi connectivity index (χ4v) is 3.09. The Balaban J connectivity index is 1.66. The van der Waals surface area contributed by atoms with Crippen LogP contribution in [0.2, 0.25) is 0 Å². The molecular weight excluding hydrogens is 342 g/mol. The lowest BCUT2D eigenvalue weighted by atomic mass is 10.1. The van der Waals surface area contributed by atoms with Crippen LogP contribution in [-0.2, 0) is 16.0 Å². The smallest absolute Gasteiger partial charge is 0.412 e. The molecule has 0 aromatic heterocycles. The van der Waals surface area contributed by atoms with Gasteiger partial charge < -0.3 is 15.0 Å². The van der Waals surface area contributed by atoms with Gasteiger partial charge in [-0.25, -0.2) is 4.79 Å². The lowest BCUT2D eigenvalue weighted by Gasteiger charge is -2.26. The monoisotopic (exact) mass is 375 g/mol. The summed E-state index contributed by atoms with van der Waals surface area (Å²) in [5.41, 5.74) is 1.03. The number of rotatable bonds is 7. The van der Waals surface area contributed by atoms with Crippen LogP contribution in [0.1, 0.15) is 52.0 Å². The Morgan fingerprint density at radius 1 is 1.07 bits per heavy atom. The molecule has 2 rings (SSSR count). The van der Waals surface area contributed by atoms with Gasteiger partial charge in [0, 0.05) is 12.2 Å². The Kier molecular flexibility index (Phi) is 8.10. The van der Waals surface area contributed by atoms with Gasteiger partial charge in [-0.15, -0.1) is 0 Å². The van der Waals surface area contributed by atoms with E-state index in [1.807, 2.05) is 32.9 Å². The van der Waals surface area contributed by atoms with Gasteiger partial charge in [0.15, 0.2) is 0 Å². The SMILES string of the molecule is CC(C)(C)OC(=O)Nc1ccc(CC(=O)NCCCN2CCCCC2)cc1. The highest BCUT2D eigenvalue weighted by Gasteiger charge is 2.16. The van der Waals surface area contributed by atoms with Gasteiger partial charge in [-0.1, -0.05) is 18.6 Å². The normalized spacial score (nSPS) is 15.2. The topological polar surface area (TPSA) is 70.7 Å². The van der Waals surface area contributed by atoms with Crippen molar-refractivity contribution in [3.8, 4) is 0 Å². The van der Waals surface area contributed by atoms with Gasteiger partial charge in [-0.2, -0.15) is 0 Å². The minimum Gasteiger partial charge on any atom is -0.444 e. The first kappa shape index (κ1) is 21.2. The summed E-state index contributed by atoms with van der Waals surface area (Å²) < 4.78 is 5.22. The molecule has 0 aliphatic carbocycles. The Labute approximate surface area is 162 Å². The molecule has 2 amide bonds. The second kappa shape index (κ2) is 10.3. The summed E-state index contributed by atoms with van der Waals surface area (Å²) in [6.45, 7) is 9.62. The van der Waals surface area contributed by atoms with Crippen molar-refractivity contribution in [2.45, 2.75) is 58.5 Å². The molecule has 1 aliphatic rings. The molecule has 6 nitrogen and oxygen atoms in total. The summed E-state index contributed by atoms with van der Waals surface area (Å²) in [6, 6.07) is 7.26. The van der Waals surface area contributed by atoms with Crippen molar-refractivity contribution in [3.63, 3.8) is 0 Å². The Bertz CT molecular complexity index is 602. The van der Waals surface area contributed by atoms with E-state index in [9.17, 15) is 9.59 Å². The van der Waals surface area contributed by atoms with Gasteiger partial charge >= 0.3 is 6.09 Å². The molecule has 1 aromatic carbocycles. The highest BCUT2D eigenvalue weighted by molar-refractivity contribution is 5.85. The third kappa shape index (κ3) is 8.91. The van der Waals surface area contributed by atoms with Crippen LogP contribution in [-0.4, -0.2) is 48.7 Å². The van der Waals surface area contributed by atoms with Gasteiger partial charge in [0.25, 0.3) is 0 Å². The maximum atomic E-state index is 12.1. The van der Waals surface area contributed by atoms with Crippen LogP contribution in [0, 0.1) is 0 Å². The van der Waals surface area contributed by atoms with Crippen LogP contribution in [0.5, 0.6) is 0 Å². The summed E-state index contributed by atoms with van der Waals surface area (Å²) in [4.78, 5) is 26.3. The van der Waals surface area contributed by atoms with Crippen molar-refractivity contribution in [2.24, 2.45) is 0 Å². The van der Waals surface area contributed by atoms with E-state index in [4.69, 9.17) is 4.74 Å². The third-order valence-corrected chi connectivity index (χ3v) is 4.39. The molecule has 0 unspecified atom stereocenters. The zero-order valence-corrected chi connectivity index (χ0v) is 16.8. The molecule has 0 bridgehead atoms. The number of piperidine rings is 1. The number of likely N-dealkylation sites (tertiary alicyclic amines) is 1. The first-order chi connectivity index (χ1) is 12.8. The van der Waals surface area contributed by atoms with Gasteiger partial charge in [0.05, 0.1) is 6.42 Å². The number of hydrogen-bond donors (Lipinski definition) is 2. The lowest BCUT2D eigenvalue weighted by Crippen LogP contribution is -2.33. The molecule has 27 heavy (non-hydrogen) atoms. The molecule has 1 aliphatic heterocycles. The van der Waals surface area contributed by atoms with Gasteiger partial charge in [0.1, 0.15) is 5.60 Å². The van der Waals surface area contributed by atoms with E-state index in [-0.39, 0.29) is 5.91 Å². The largest absolute Gasteiger partial charge is 0.444 e. The molecule has 0 atom stereocenters. The van der Waals surface area contributed by atoms with Crippen LogP contribution in [0.4, 0.5) is 10.5 Å². The minimum absolute atomic E-state index is 0.0292. The van der Waals surface area contributed by atoms with Crippen molar-refractivity contribution in [2.75, 3.05) is 31.5 Å². The maximum absolute atomic E-state index is 12.1. The molecule has 1 heterocycles. The first-order valence-corrected chi connectivity index (χ1v) is 9.90. The highest BCUT2D eigenvalue weighted by Crippen LogP contribution is 2.13. The predicted octanol–water partition coefficient (Wildman–Crippen LogP) is 3.57. The molecular formula is C21H33N3O3. The lowest BCUT2D eigenvalue weighted by molar-refractivity contribution is -0.120. The summed E-state index contributed by atoms with van der Waals surface area (Å²) >= 11 is 0. The molecule has 150 valence electrons. The van der Waals surface area contributed by atoms with Crippen molar-refractivity contribution < 1.29 is 14.3 Å². The number of anilines is 1. The molecule has 0 spiro atoms. The van der Waals surface area contributed by atoms with Crippen molar-refractivity contribution in [1.82, 2.24) is 10.2 Å². The molecule has 0 radical (unpaired) electrons. The van der Waals surface area contributed by atoms with Gasteiger partial charge in [0.2, 0.25) is 5.91 Å². The summed E-state index contributed by atoms with van der Waals surface area (Å²) in [6.07, 6.45) is 4.79. The van der Waals surface area contributed by atoms with E-state index >= 15 is 0 Å². The molecule has 6 heteroatoms. The van der Waals surface area contributed by atoms with Gasteiger partial charge in [-0.3, -0.25) is 10.1 Å². The maximum Gasteiger partial charge on any atom is 0.412 e. The van der Waals surface area contributed by atoms with Crippen LogP contribution in [0.25, 0.3) is 0 Å². The number of carbonyl (C=O) groups excluding carboxylic acids is 2. The predicted molar refractivity (Wildman–Crippen MR) is 108 cm³/mol. The van der Waals surface area contributed by atoms with E-state index < -0.39 is 11.7 Å². The molecule has 0 saturated carbocycles. The standard InChI is InChI=1S/C21H33N3O3/c1-21(2,3)27-20(26)23-18-10-8-17(9-11-18)16-19(25)22-12-7-15-24-13-5-4-6-14-24/h8-11H,4-7,12-16H2,1-3H3,(H,22,25)(H,23,26).